The number of aromatic nitrogens is 3. The van der Waals surface area contributed by atoms with Gasteiger partial charge >= 0.3 is 0 Å². The molecule has 3 heterocycles. The molecule has 7 nitrogen and oxygen atoms in total. The van der Waals surface area contributed by atoms with Gasteiger partial charge in [-0.05, 0) is 31.0 Å². The topological polar surface area (TPSA) is 72.4 Å². The van der Waals surface area contributed by atoms with Crippen molar-refractivity contribution >= 4 is 29.1 Å². The van der Waals surface area contributed by atoms with Crippen molar-refractivity contribution in [2.45, 2.75) is 32.5 Å². The molecule has 0 atom stereocenters. The van der Waals surface area contributed by atoms with Crippen LogP contribution in [0.15, 0.2) is 18.3 Å². The molecule has 26 heavy (non-hydrogen) atoms. The van der Waals surface area contributed by atoms with Crippen LogP contribution in [0.2, 0.25) is 5.02 Å². The third-order valence-electron chi connectivity index (χ3n) is 4.85. The molecule has 2 aliphatic rings. The van der Waals surface area contributed by atoms with E-state index in [1.54, 1.807) is 6.20 Å². The molecule has 138 valence electrons. The fourth-order valence-corrected chi connectivity index (χ4v) is 3.89. The fraction of sp³-hybridized carbons (Fsp3) is 0.500. The number of piperidine rings is 1. The molecule has 0 unspecified atom stereocenters. The maximum absolute atomic E-state index is 6.38. The Labute approximate surface area is 157 Å². The van der Waals surface area contributed by atoms with E-state index in [1.165, 1.54) is 0 Å². The maximum Gasteiger partial charge on any atom is 0.247 e. The minimum absolute atomic E-state index is 0.410. The molecule has 0 radical (unpaired) electrons. The number of anilines is 3. The van der Waals surface area contributed by atoms with E-state index in [-0.39, 0.29) is 0 Å². The molecule has 0 aliphatic carbocycles. The zero-order valence-corrected chi connectivity index (χ0v) is 15.7. The summed E-state index contributed by atoms with van der Waals surface area (Å²) in [5.74, 6) is 0.813. The largest absolute Gasteiger partial charge is 0.347 e. The highest BCUT2D eigenvalue weighted by molar-refractivity contribution is 6.33. The SMILES string of the molecule is Cc1cc(C)c(Nc2cnnc(N3CCC4(CC3)OCCO4)n2)c(Cl)c1. The number of hydrogen-bond acceptors (Lipinski definition) is 7. The lowest BCUT2D eigenvalue weighted by Gasteiger charge is -2.37. The molecule has 4 rings (SSSR count). The van der Waals surface area contributed by atoms with Gasteiger partial charge in [-0.25, -0.2) is 0 Å². The standard InChI is InChI=1S/C18H22ClN5O2/c1-12-9-13(2)16(14(19)10-12)21-15-11-20-23-17(22-15)24-5-3-18(4-6-24)25-7-8-26-18/h9-11H,3-8H2,1-2H3,(H,21,22,23). The normalized spacial score (nSPS) is 19.1. The van der Waals surface area contributed by atoms with Crippen molar-refractivity contribution in [3.63, 3.8) is 0 Å². The van der Waals surface area contributed by atoms with E-state index in [4.69, 9.17) is 21.1 Å². The summed E-state index contributed by atoms with van der Waals surface area (Å²) in [7, 11) is 0. The molecule has 0 saturated carbocycles. The summed E-state index contributed by atoms with van der Waals surface area (Å²) < 4.78 is 11.5. The molecule has 1 N–H and O–H groups in total. The summed E-state index contributed by atoms with van der Waals surface area (Å²) in [4.78, 5) is 6.72. The minimum Gasteiger partial charge on any atom is -0.347 e. The van der Waals surface area contributed by atoms with Crippen LogP contribution in [0.5, 0.6) is 0 Å². The lowest BCUT2D eigenvalue weighted by atomic mass is 10.0. The van der Waals surface area contributed by atoms with Crippen LogP contribution in [0.25, 0.3) is 0 Å². The summed E-state index contributed by atoms with van der Waals surface area (Å²) in [5, 5.41) is 12.2. The third-order valence-corrected chi connectivity index (χ3v) is 5.15. The van der Waals surface area contributed by atoms with Crippen molar-refractivity contribution in [2.75, 3.05) is 36.5 Å². The van der Waals surface area contributed by atoms with E-state index in [9.17, 15) is 0 Å². The Morgan fingerprint density at radius 3 is 2.58 bits per heavy atom. The predicted octanol–water partition coefficient (Wildman–Crippen LogP) is 3.23. The van der Waals surface area contributed by atoms with Crippen LogP contribution in [0.4, 0.5) is 17.5 Å². The van der Waals surface area contributed by atoms with Crippen molar-refractivity contribution in [2.24, 2.45) is 0 Å². The first kappa shape index (κ1) is 17.5. The average molecular weight is 376 g/mol. The molecule has 0 bridgehead atoms. The first-order chi connectivity index (χ1) is 12.5. The van der Waals surface area contributed by atoms with E-state index in [2.05, 4.69) is 31.5 Å². The van der Waals surface area contributed by atoms with Crippen LogP contribution in [0.1, 0.15) is 24.0 Å². The Bertz CT molecular complexity index is 777. The average Bonchev–Trinajstić information content (AvgIpc) is 3.07. The molecule has 2 saturated heterocycles. The van der Waals surface area contributed by atoms with Crippen LogP contribution in [-0.2, 0) is 9.47 Å². The van der Waals surface area contributed by atoms with Crippen molar-refractivity contribution in [3.8, 4) is 0 Å². The van der Waals surface area contributed by atoms with Gasteiger partial charge in [0.05, 0.1) is 30.1 Å². The minimum atomic E-state index is -0.410. The van der Waals surface area contributed by atoms with Gasteiger partial charge in [0, 0.05) is 25.9 Å². The molecular weight excluding hydrogens is 354 g/mol. The highest BCUT2D eigenvalue weighted by atomic mass is 35.5. The molecule has 2 aliphatic heterocycles. The Morgan fingerprint density at radius 1 is 1.15 bits per heavy atom. The van der Waals surface area contributed by atoms with Gasteiger partial charge in [-0.2, -0.15) is 10.1 Å². The number of benzene rings is 1. The van der Waals surface area contributed by atoms with Gasteiger partial charge in [0.15, 0.2) is 11.6 Å². The number of nitrogens with one attached hydrogen (secondary N) is 1. The lowest BCUT2D eigenvalue weighted by molar-refractivity contribution is -0.169. The van der Waals surface area contributed by atoms with Crippen molar-refractivity contribution in [3.05, 3.63) is 34.5 Å². The maximum atomic E-state index is 6.38. The number of nitrogens with zero attached hydrogens (tertiary/aromatic N) is 4. The molecule has 2 fully saturated rings. The van der Waals surface area contributed by atoms with Gasteiger partial charge in [-0.1, -0.05) is 17.7 Å². The summed E-state index contributed by atoms with van der Waals surface area (Å²) in [6, 6.07) is 4.01. The second kappa shape index (κ2) is 6.98. The van der Waals surface area contributed by atoms with Crippen LogP contribution >= 0.6 is 11.6 Å². The Hall–Kier alpha value is -1.96. The summed E-state index contributed by atoms with van der Waals surface area (Å²) in [5.41, 5.74) is 3.03. The Morgan fingerprint density at radius 2 is 1.88 bits per heavy atom. The van der Waals surface area contributed by atoms with Crippen LogP contribution in [-0.4, -0.2) is 47.3 Å². The first-order valence-electron chi connectivity index (χ1n) is 8.81. The quantitative estimate of drug-likeness (QED) is 0.882. The lowest BCUT2D eigenvalue weighted by Crippen LogP contribution is -2.45. The van der Waals surface area contributed by atoms with E-state index in [0.29, 0.717) is 30.0 Å². The predicted molar refractivity (Wildman–Crippen MR) is 100 cm³/mol. The highest BCUT2D eigenvalue weighted by Gasteiger charge is 2.40. The summed E-state index contributed by atoms with van der Waals surface area (Å²) in [6.07, 6.45) is 3.21. The van der Waals surface area contributed by atoms with E-state index in [0.717, 1.165) is 42.7 Å². The van der Waals surface area contributed by atoms with Gasteiger partial charge in [0.1, 0.15) is 0 Å². The molecule has 1 aromatic carbocycles. The number of hydrogen-bond donors (Lipinski definition) is 1. The molecule has 0 amide bonds. The van der Waals surface area contributed by atoms with Gasteiger partial charge in [0.25, 0.3) is 0 Å². The second-order valence-electron chi connectivity index (χ2n) is 6.80. The van der Waals surface area contributed by atoms with Gasteiger partial charge in [-0.3, -0.25) is 0 Å². The third kappa shape index (κ3) is 3.47. The summed E-state index contributed by atoms with van der Waals surface area (Å²) in [6.45, 7) is 6.93. The van der Waals surface area contributed by atoms with Crippen molar-refractivity contribution in [1.82, 2.24) is 15.2 Å². The first-order valence-corrected chi connectivity index (χ1v) is 9.19. The number of rotatable bonds is 3. The zero-order chi connectivity index (χ0) is 18.1. The second-order valence-corrected chi connectivity index (χ2v) is 7.21. The summed E-state index contributed by atoms with van der Waals surface area (Å²) >= 11 is 6.38. The molecule has 1 spiro atoms. The van der Waals surface area contributed by atoms with Crippen molar-refractivity contribution < 1.29 is 9.47 Å². The number of aryl methyl sites for hydroxylation is 2. The van der Waals surface area contributed by atoms with Crippen molar-refractivity contribution in [1.29, 1.82) is 0 Å². The van der Waals surface area contributed by atoms with E-state index in [1.807, 2.05) is 19.9 Å². The van der Waals surface area contributed by atoms with Gasteiger partial charge < -0.3 is 19.7 Å². The van der Waals surface area contributed by atoms with Crippen LogP contribution in [0.3, 0.4) is 0 Å². The molecular formula is C18H22ClN5O2. The fourth-order valence-electron chi connectivity index (χ4n) is 3.52. The van der Waals surface area contributed by atoms with Crippen LogP contribution in [0, 0.1) is 13.8 Å². The monoisotopic (exact) mass is 375 g/mol. The Kier molecular flexibility index (Phi) is 4.69. The van der Waals surface area contributed by atoms with E-state index >= 15 is 0 Å². The number of halogens is 1. The van der Waals surface area contributed by atoms with Crippen LogP contribution < -0.4 is 10.2 Å². The smallest absolute Gasteiger partial charge is 0.247 e. The highest BCUT2D eigenvalue weighted by Crippen LogP contribution is 2.33. The Balaban J connectivity index is 1.49. The molecule has 1 aromatic heterocycles. The number of ether oxygens (including phenoxy) is 2. The zero-order valence-electron chi connectivity index (χ0n) is 15.0. The van der Waals surface area contributed by atoms with E-state index < -0.39 is 5.79 Å². The van der Waals surface area contributed by atoms with Gasteiger partial charge in [0.2, 0.25) is 5.95 Å². The van der Waals surface area contributed by atoms with Gasteiger partial charge in [-0.15, -0.1) is 5.10 Å². The molecule has 8 heteroatoms. The molecule has 2 aromatic rings.